The molecule has 1 amide bonds. The molecule has 3 atom stereocenters. The van der Waals surface area contributed by atoms with Crippen molar-refractivity contribution in [3.63, 3.8) is 0 Å². The third-order valence-corrected chi connectivity index (χ3v) is 5.62. The van der Waals surface area contributed by atoms with Crippen LogP contribution in [0.25, 0.3) is 0 Å². The molecule has 3 rings (SSSR count). The van der Waals surface area contributed by atoms with E-state index >= 15 is 0 Å². The Bertz CT molecular complexity index is 616. The zero-order chi connectivity index (χ0) is 17.9. The Morgan fingerprint density at radius 1 is 1.36 bits per heavy atom. The van der Waals surface area contributed by atoms with Crippen molar-refractivity contribution in [2.24, 2.45) is 11.7 Å². The Morgan fingerprint density at radius 2 is 2.12 bits per heavy atom. The van der Waals surface area contributed by atoms with Crippen molar-refractivity contribution in [1.29, 1.82) is 0 Å². The number of aliphatic hydroxyl groups is 1. The van der Waals surface area contributed by atoms with E-state index in [2.05, 4.69) is 11.5 Å². The summed E-state index contributed by atoms with van der Waals surface area (Å²) in [5.41, 5.74) is 5.95. The van der Waals surface area contributed by atoms with E-state index in [4.69, 9.17) is 10.5 Å². The lowest BCUT2D eigenvalue weighted by atomic mass is 9.66. The molecular formula is C20H28N2O3. The smallest absolute Gasteiger partial charge is 0.231 e. The van der Waals surface area contributed by atoms with Crippen molar-refractivity contribution in [3.8, 4) is 5.75 Å². The molecule has 1 aliphatic carbocycles. The molecule has 5 nitrogen and oxygen atoms in total. The van der Waals surface area contributed by atoms with Gasteiger partial charge in [0, 0.05) is 18.5 Å². The van der Waals surface area contributed by atoms with Gasteiger partial charge in [-0.1, -0.05) is 37.6 Å². The molecule has 2 aliphatic rings. The van der Waals surface area contributed by atoms with Crippen molar-refractivity contribution in [1.82, 2.24) is 4.90 Å². The molecule has 5 heteroatoms. The van der Waals surface area contributed by atoms with Gasteiger partial charge in [0.1, 0.15) is 12.4 Å². The molecule has 1 aromatic carbocycles. The van der Waals surface area contributed by atoms with Crippen LogP contribution in [0.4, 0.5) is 0 Å². The number of hydrogen-bond acceptors (Lipinski definition) is 4. The normalized spacial score (nSPS) is 29.6. The Balaban J connectivity index is 1.88. The van der Waals surface area contributed by atoms with Crippen molar-refractivity contribution >= 4 is 5.91 Å². The minimum atomic E-state index is -0.630. The summed E-state index contributed by atoms with van der Waals surface area (Å²) in [6, 6.07) is 7.98. The highest BCUT2D eigenvalue weighted by Gasteiger charge is 2.49. The van der Waals surface area contributed by atoms with Gasteiger partial charge in [0.25, 0.3) is 0 Å². The molecule has 2 fully saturated rings. The number of amides is 1. The van der Waals surface area contributed by atoms with Crippen LogP contribution in [-0.2, 0) is 4.79 Å². The first-order valence-electron chi connectivity index (χ1n) is 9.12. The van der Waals surface area contributed by atoms with Crippen LogP contribution >= 0.6 is 0 Å². The summed E-state index contributed by atoms with van der Waals surface area (Å²) in [6.45, 7) is 5.04. The van der Waals surface area contributed by atoms with Gasteiger partial charge >= 0.3 is 0 Å². The van der Waals surface area contributed by atoms with Crippen LogP contribution in [-0.4, -0.2) is 41.2 Å². The van der Waals surface area contributed by atoms with Crippen LogP contribution in [0.3, 0.4) is 0 Å². The quantitative estimate of drug-likeness (QED) is 0.777. The second-order valence-corrected chi connectivity index (χ2v) is 7.26. The van der Waals surface area contributed by atoms with Gasteiger partial charge < -0.3 is 15.6 Å². The molecule has 0 radical (unpaired) electrons. The largest absolute Gasteiger partial charge is 0.490 e. The number of piperidine rings is 1. The Labute approximate surface area is 149 Å². The molecular weight excluding hydrogens is 316 g/mol. The second-order valence-electron chi connectivity index (χ2n) is 7.26. The Kier molecular flexibility index (Phi) is 5.45. The van der Waals surface area contributed by atoms with Crippen LogP contribution in [0, 0.1) is 5.92 Å². The maximum absolute atomic E-state index is 11.5. The Morgan fingerprint density at radius 3 is 2.80 bits per heavy atom. The fraction of sp³-hybridized carbons (Fsp3) is 0.550. The van der Waals surface area contributed by atoms with Crippen LogP contribution in [0.15, 0.2) is 36.9 Å². The highest BCUT2D eigenvalue weighted by Crippen LogP contribution is 2.49. The third kappa shape index (κ3) is 3.88. The molecule has 0 unspecified atom stereocenters. The van der Waals surface area contributed by atoms with Gasteiger partial charge in [-0.2, -0.15) is 0 Å². The number of fused-ring (bicyclic) bond motifs is 1. The van der Waals surface area contributed by atoms with E-state index in [0.717, 1.165) is 37.0 Å². The molecule has 25 heavy (non-hydrogen) atoms. The van der Waals surface area contributed by atoms with E-state index in [0.29, 0.717) is 19.6 Å². The topological polar surface area (TPSA) is 75.8 Å². The molecule has 1 aliphatic heterocycles. The van der Waals surface area contributed by atoms with Gasteiger partial charge in [-0.15, -0.1) is 0 Å². The highest BCUT2D eigenvalue weighted by molar-refractivity contribution is 5.76. The second kappa shape index (κ2) is 7.58. The summed E-state index contributed by atoms with van der Waals surface area (Å²) in [4.78, 5) is 13.7. The number of ether oxygens (including phenoxy) is 1. The fourth-order valence-electron chi connectivity index (χ4n) is 4.48. The number of primary amides is 1. The molecule has 0 bridgehead atoms. The number of carbonyl (C=O) groups is 1. The number of likely N-dealkylation sites (tertiary alicyclic amines) is 1. The third-order valence-electron chi connectivity index (χ3n) is 5.62. The molecule has 1 saturated carbocycles. The Hall–Kier alpha value is -1.85. The van der Waals surface area contributed by atoms with Crippen molar-refractivity contribution in [3.05, 3.63) is 42.5 Å². The lowest BCUT2D eigenvalue weighted by molar-refractivity contribution is -0.136. The number of hydrogen-bond donors (Lipinski definition) is 2. The van der Waals surface area contributed by atoms with Gasteiger partial charge in [0.2, 0.25) is 5.91 Å². The van der Waals surface area contributed by atoms with E-state index in [9.17, 15) is 9.90 Å². The number of nitrogens with two attached hydrogens (primary N) is 1. The van der Waals surface area contributed by atoms with Crippen molar-refractivity contribution in [2.75, 3.05) is 19.7 Å². The van der Waals surface area contributed by atoms with E-state index in [1.807, 2.05) is 24.3 Å². The highest BCUT2D eigenvalue weighted by atomic mass is 16.5. The maximum atomic E-state index is 11.5. The summed E-state index contributed by atoms with van der Waals surface area (Å²) in [6.07, 6.45) is 6.44. The molecule has 3 N–H and O–H groups in total. The lowest BCUT2D eigenvalue weighted by Gasteiger charge is -2.52. The van der Waals surface area contributed by atoms with Gasteiger partial charge in [-0.05, 0) is 37.0 Å². The average Bonchev–Trinajstić information content (AvgIpc) is 2.60. The summed E-state index contributed by atoms with van der Waals surface area (Å²) in [5, 5.41) is 11.2. The SMILES string of the molecule is C=CCOc1ccc([C@H]2[C@H]3CCCC[C@]3(O)CCN2CC(N)=O)cc1. The van der Waals surface area contributed by atoms with Crippen LogP contribution in [0.5, 0.6) is 5.75 Å². The maximum Gasteiger partial charge on any atom is 0.231 e. The van der Waals surface area contributed by atoms with E-state index in [1.54, 1.807) is 6.08 Å². The van der Waals surface area contributed by atoms with Gasteiger partial charge in [0.15, 0.2) is 0 Å². The standard InChI is InChI=1S/C20H28N2O3/c1-2-13-25-16-8-6-15(7-9-16)19-17-5-3-4-10-20(17,24)11-12-22(19)14-18(21)23/h2,6-9,17,19,24H,1,3-5,10-14H2,(H2,21,23)/t17-,19+,20+/m1/s1. The van der Waals surface area contributed by atoms with E-state index in [1.165, 1.54) is 0 Å². The first-order valence-corrected chi connectivity index (χ1v) is 9.12. The number of benzene rings is 1. The molecule has 0 spiro atoms. The van der Waals surface area contributed by atoms with Crippen LogP contribution < -0.4 is 10.5 Å². The summed E-state index contributed by atoms with van der Waals surface area (Å²) < 4.78 is 5.56. The molecule has 1 aromatic rings. The minimum Gasteiger partial charge on any atom is -0.490 e. The van der Waals surface area contributed by atoms with Crippen LogP contribution in [0.2, 0.25) is 0 Å². The summed E-state index contributed by atoms with van der Waals surface area (Å²) in [7, 11) is 0. The zero-order valence-corrected chi connectivity index (χ0v) is 14.7. The van der Waals surface area contributed by atoms with Gasteiger partial charge in [-0.25, -0.2) is 0 Å². The molecule has 1 heterocycles. The van der Waals surface area contributed by atoms with Gasteiger partial charge in [0.05, 0.1) is 12.1 Å². The molecule has 136 valence electrons. The lowest BCUT2D eigenvalue weighted by Crippen LogP contribution is -2.56. The first-order chi connectivity index (χ1) is 12.0. The first kappa shape index (κ1) is 18.0. The monoisotopic (exact) mass is 344 g/mol. The number of nitrogens with zero attached hydrogens (tertiary/aromatic N) is 1. The summed E-state index contributed by atoms with van der Waals surface area (Å²) >= 11 is 0. The predicted molar refractivity (Wildman–Crippen MR) is 97.2 cm³/mol. The summed E-state index contributed by atoms with van der Waals surface area (Å²) in [5.74, 6) is 0.603. The van der Waals surface area contributed by atoms with E-state index < -0.39 is 5.60 Å². The number of carbonyl (C=O) groups excluding carboxylic acids is 1. The van der Waals surface area contributed by atoms with Crippen LogP contribution in [0.1, 0.15) is 43.7 Å². The van der Waals surface area contributed by atoms with Gasteiger partial charge in [-0.3, -0.25) is 9.69 Å². The number of rotatable bonds is 6. The average molecular weight is 344 g/mol. The van der Waals surface area contributed by atoms with Crippen molar-refractivity contribution < 1.29 is 14.6 Å². The fourth-order valence-corrected chi connectivity index (χ4v) is 4.48. The predicted octanol–water partition coefficient (Wildman–Crippen LogP) is 2.40. The van der Waals surface area contributed by atoms with Crippen molar-refractivity contribution in [2.45, 2.75) is 43.7 Å². The minimum absolute atomic E-state index is 0.0139. The molecule has 0 aromatic heterocycles. The van der Waals surface area contributed by atoms with E-state index in [-0.39, 0.29) is 24.4 Å². The molecule has 1 saturated heterocycles. The zero-order valence-electron chi connectivity index (χ0n) is 14.7.